The minimum absolute atomic E-state index is 0.273. The number of carbonyl (C=O) groups excluding carboxylic acids is 1. The van der Waals surface area contributed by atoms with Gasteiger partial charge in [0, 0.05) is 16.9 Å². The van der Waals surface area contributed by atoms with Crippen molar-refractivity contribution in [3.63, 3.8) is 0 Å². The van der Waals surface area contributed by atoms with Gasteiger partial charge in [0.1, 0.15) is 5.75 Å². The van der Waals surface area contributed by atoms with Crippen LogP contribution in [0.5, 0.6) is 5.75 Å². The van der Waals surface area contributed by atoms with Crippen molar-refractivity contribution in [1.82, 2.24) is 9.97 Å². The number of hydrogen-bond acceptors (Lipinski definition) is 5. The Balaban J connectivity index is 1.01. The van der Waals surface area contributed by atoms with Gasteiger partial charge in [0.05, 0.1) is 30.2 Å². The Kier molecular flexibility index (Phi) is 14.4. The summed E-state index contributed by atoms with van der Waals surface area (Å²) in [4.78, 5) is 20.6. The van der Waals surface area contributed by atoms with Gasteiger partial charge in [0.2, 0.25) is 0 Å². The summed E-state index contributed by atoms with van der Waals surface area (Å²) in [5.74, 6) is 1.96. The molecule has 4 rings (SSSR count). The van der Waals surface area contributed by atoms with Crippen LogP contribution in [0.3, 0.4) is 0 Å². The van der Waals surface area contributed by atoms with E-state index in [-0.39, 0.29) is 5.97 Å². The van der Waals surface area contributed by atoms with Crippen LogP contribution in [0.2, 0.25) is 0 Å². The maximum atomic E-state index is 12.0. The van der Waals surface area contributed by atoms with E-state index in [0.29, 0.717) is 24.7 Å². The molecule has 0 amide bonds. The molecule has 1 N–H and O–H groups in total. The minimum atomic E-state index is -0.273. The average molecular weight is 613 g/mol. The molecule has 0 radical (unpaired) electrons. The number of carbonyl (C=O) groups is 1. The monoisotopic (exact) mass is 612 g/mol. The summed E-state index contributed by atoms with van der Waals surface area (Å²) >= 11 is 1.83. The summed E-state index contributed by atoms with van der Waals surface area (Å²) in [7, 11) is 0. The first kappa shape index (κ1) is 33.4. The topological polar surface area (TPSA) is 64.2 Å². The molecule has 0 bridgehead atoms. The molecular formula is C38H48N2O3S. The van der Waals surface area contributed by atoms with Gasteiger partial charge in [-0.25, -0.2) is 9.78 Å². The fourth-order valence-electron chi connectivity index (χ4n) is 5.03. The number of unbranched alkanes of at least 4 members (excludes halogenated alkanes) is 9. The van der Waals surface area contributed by atoms with E-state index in [1.165, 1.54) is 63.4 Å². The van der Waals surface area contributed by atoms with E-state index in [1.54, 1.807) is 12.1 Å². The number of nitrogens with one attached hydrogen (secondary N) is 1. The Morgan fingerprint density at radius 2 is 1.30 bits per heavy atom. The van der Waals surface area contributed by atoms with E-state index < -0.39 is 0 Å². The van der Waals surface area contributed by atoms with Gasteiger partial charge in [-0.3, -0.25) is 0 Å². The Hall–Kier alpha value is -3.51. The van der Waals surface area contributed by atoms with Crippen molar-refractivity contribution in [2.24, 2.45) is 5.92 Å². The number of benzene rings is 3. The predicted molar refractivity (Wildman–Crippen MR) is 183 cm³/mol. The van der Waals surface area contributed by atoms with Crippen molar-refractivity contribution in [2.45, 2.75) is 83.2 Å². The van der Waals surface area contributed by atoms with Gasteiger partial charge in [-0.15, -0.1) is 0 Å². The third-order valence-electron chi connectivity index (χ3n) is 7.48. The highest BCUT2D eigenvalue weighted by molar-refractivity contribution is 7.99. The number of thioether (sulfide) groups is 1. The van der Waals surface area contributed by atoms with Crippen molar-refractivity contribution >= 4 is 17.7 Å². The van der Waals surface area contributed by atoms with Crippen LogP contribution in [0.1, 0.15) is 88.4 Å². The largest absolute Gasteiger partial charge is 0.494 e. The van der Waals surface area contributed by atoms with E-state index in [4.69, 9.17) is 14.5 Å². The number of aromatic amines is 1. The Bertz CT molecular complexity index is 1300. The first-order chi connectivity index (χ1) is 21.6. The summed E-state index contributed by atoms with van der Waals surface area (Å²) in [5, 5.41) is 1.00. The third kappa shape index (κ3) is 11.5. The van der Waals surface area contributed by atoms with Crippen LogP contribution >= 0.6 is 11.8 Å². The van der Waals surface area contributed by atoms with Gasteiger partial charge in [0.25, 0.3) is 0 Å². The standard InChI is InChI=1S/C38H48N2O3S/c1-30(2)29-43-37(41)33-23-25-34(26-24-33)42-27-17-9-7-5-3-4-6-8-10-18-28-44-38-39-35(31-19-13-11-14-20-31)36(40-38)32-21-15-12-16-22-32/h11-16,19-26,30H,3-10,17-18,27-29H2,1-2H3,(H,39,40). The minimum Gasteiger partial charge on any atom is -0.494 e. The lowest BCUT2D eigenvalue weighted by molar-refractivity contribution is 0.0459. The number of H-pyrrole nitrogens is 1. The number of ether oxygens (including phenoxy) is 2. The second-order valence-electron chi connectivity index (χ2n) is 11.7. The summed E-state index contributed by atoms with van der Waals surface area (Å²) in [6.45, 7) is 5.21. The molecule has 0 saturated heterocycles. The Morgan fingerprint density at radius 3 is 1.91 bits per heavy atom. The first-order valence-corrected chi connectivity index (χ1v) is 17.3. The molecule has 5 nitrogen and oxygen atoms in total. The molecule has 1 heterocycles. The lowest BCUT2D eigenvalue weighted by atomic mass is 10.1. The fraction of sp³-hybridized carbons (Fsp3) is 0.421. The third-order valence-corrected chi connectivity index (χ3v) is 8.44. The molecule has 0 aliphatic heterocycles. The zero-order chi connectivity index (χ0) is 30.8. The number of nitrogens with zero attached hydrogens (tertiary/aromatic N) is 1. The van der Waals surface area contributed by atoms with Gasteiger partial charge >= 0.3 is 5.97 Å². The van der Waals surface area contributed by atoms with Crippen LogP contribution < -0.4 is 4.74 Å². The number of aromatic nitrogens is 2. The van der Waals surface area contributed by atoms with Gasteiger partial charge < -0.3 is 14.5 Å². The number of hydrogen-bond donors (Lipinski definition) is 1. The quantitative estimate of drug-likeness (QED) is 0.0611. The molecule has 3 aromatic carbocycles. The van der Waals surface area contributed by atoms with E-state index in [9.17, 15) is 4.79 Å². The fourth-order valence-corrected chi connectivity index (χ4v) is 5.90. The molecule has 0 atom stereocenters. The van der Waals surface area contributed by atoms with Crippen LogP contribution in [0.4, 0.5) is 0 Å². The lowest BCUT2D eigenvalue weighted by Gasteiger charge is -2.09. The average Bonchev–Trinajstić information content (AvgIpc) is 3.49. The predicted octanol–water partition coefficient (Wildman–Crippen LogP) is 10.6. The molecule has 0 saturated carbocycles. The molecule has 0 aliphatic carbocycles. The molecule has 0 spiro atoms. The smallest absolute Gasteiger partial charge is 0.338 e. The van der Waals surface area contributed by atoms with E-state index in [2.05, 4.69) is 59.6 Å². The number of rotatable bonds is 20. The van der Waals surface area contributed by atoms with Crippen LogP contribution in [-0.2, 0) is 4.74 Å². The SMILES string of the molecule is CC(C)COC(=O)c1ccc(OCCCCCCCCCCCCSc2nc(-c3ccccc3)c(-c3ccccc3)[nH]2)cc1. The Morgan fingerprint density at radius 1 is 0.727 bits per heavy atom. The molecule has 0 fully saturated rings. The summed E-state index contributed by atoms with van der Waals surface area (Å²) in [5.41, 5.74) is 5.01. The maximum Gasteiger partial charge on any atom is 0.338 e. The molecule has 234 valence electrons. The molecule has 44 heavy (non-hydrogen) atoms. The van der Waals surface area contributed by atoms with E-state index in [0.717, 1.165) is 40.0 Å². The Labute approximate surface area is 268 Å². The van der Waals surface area contributed by atoms with E-state index >= 15 is 0 Å². The van der Waals surface area contributed by atoms with Crippen LogP contribution in [0, 0.1) is 5.92 Å². The number of esters is 1. The van der Waals surface area contributed by atoms with Crippen molar-refractivity contribution in [2.75, 3.05) is 19.0 Å². The number of imidazole rings is 1. The normalized spacial score (nSPS) is 11.2. The molecular weight excluding hydrogens is 564 g/mol. The van der Waals surface area contributed by atoms with Crippen molar-refractivity contribution in [1.29, 1.82) is 0 Å². The zero-order valence-corrected chi connectivity index (χ0v) is 27.2. The second-order valence-corrected chi connectivity index (χ2v) is 12.8. The summed E-state index contributed by atoms with van der Waals surface area (Å²) in [6.07, 6.45) is 12.6. The van der Waals surface area contributed by atoms with Gasteiger partial charge in [-0.2, -0.15) is 0 Å². The summed E-state index contributed by atoms with van der Waals surface area (Å²) < 4.78 is 11.1. The maximum absolute atomic E-state index is 12.0. The van der Waals surface area contributed by atoms with Gasteiger partial charge in [-0.05, 0) is 43.0 Å². The van der Waals surface area contributed by atoms with Crippen LogP contribution in [-0.4, -0.2) is 34.9 Å². The highest BCUT2D eigenvalue weighted by atomic mass is 32.2. The molecule has 0 aliphatic rings. The van der Waals surface area contributed by atoms with Gasteiger partial charge in [-0.1, -0.05) is 138 Å². The molecule has 1 aromatic heterocycles. The second kappa shape index (κ2) is 19.0. The van der Waals surface area contributed by atoms with Crippen molar-refractivity contribution in [3.8, 4) is 28.3 Å². The van der Waals surface area contributed by atoms with Crippen molar-refractivity contribution in [3.05, 3.63) is 90.5 Å². The highest BCUT2D eigenvalue weighted by Gasteiger charge is 2.14. The zero-order valence-electron chi connectivity index (χ0n) is 26.4. The lowest BCUT2D eigenvalue weighted by Crippen LogP contribution is -2.10. The molecule has 0 unspecified atom stereocenters. The summed E-state index contributed by atoms with van der Waals surface area (Å²) in [6, 6.07) is 28.2. The van der Waals surface area contributed by atoms with Gasteiger partial charge in [0.15, 0.2) is 5.16 Å². The van der Waals surface area contributed by atoms with Crippen LogP contribution in [0.25, 0.3) is 22.5 Å². The van der Waals surface area contributed by atoms with E-state index in [1.807, 2.05) is 43.8 Å². The van der Waals surface area contributed by atoms with Crippen molar-refractivity contribution < 1.29 is 14.3 Å². The molecule has 6 heteroatoms. The highest BCUT2D eigenvalue weighted by Crippen LogP contribution is 2.33. The molecule has 4 aromatic rings. The first-order valence-electron chi connectivity index (χ1n) is 16.3. The van der Waals surface area contributed by atoms with Crippen LogP contribution in [0.15, 0.2) is 90.1 Å².